The van der Waals surface area contributed by atoms with Crippen LogP contribution < -0.4 is 5.32 Å². The van der Waals surface area contributed by atoms with E-state index in [0.29, 0.717) is 24.8 Å². The van der Waals surface area contributed by atoms with Gasteiger partial charge in [-0.15, -0.1) is 10.2 Å². The van der Waals surface area contributed by atoms with Gasteiger partial charge in [0, 0.05) is 19.8 Å². The molecule has 2 aromatic rings. The number of aromatic nitrogens is 3. The number of amides is 1. The molecule has 0 bridgehead atoms. The summed E-state index contributed by atoms with van der Waals surface area (Å²) in [4.78, 5) is 12.1. The Kier molecular flexibility index (Phi) is 8.31. The molecule has 0 atom stereocenters. The molecule has 1 aromatic heterocycles. The topological polar surface area (TPSA) is 69.0 Å². The lowest BCUT2D eigenvalue weighted by atomic mass is 10.1. The van der Waals surface area contributed by atoms with Gasteiger partial charge in [0.25, 0.3) is 0 Å². The second kappa shape index (κ2) is 10.5. The summed E-state index contributed by atoms with van der Waals surface area (Å²) < 4.78 is 7.53. The summed E-state index contributed by atoms with van der Waals surface area (Å²) in [6.07, 6.45) is 0.820. The normalized spacial score (nSPS) is 11.2. The minimum absolute atomic E-state index is 0.00275. The number of carbonyl (C=O) groups is 1. The SMILES string of the molecule is Cc1ccc(C)c(-n2c(C)nnc2SCC(=O)NCCCOCC(C)C)c1. The highest BCUT2D eigenvalue weighted by molar-refractivity contribution is 7.99. The van der Waals surface area contributed by atoms with Crippen molar-refractivity contribution in [1.29, 1.82) is 0 Å². The Bertz CT molecular complexity index is 758. The van der Waals surface area contributed by atoms with Crippen LogP contribution in [0.4, 0.5) is 0 Å². The zero-order valence-corrected chi connectivity index (χ0v) is 17.7. The van der Waals surface area contributed by atoms with E-state index < -0.39 is 0 Å². The van der Waals surface area contributed by atoms with Crippen molar-refractivity contribution in [3.8, 4) is 5.69 Å². The van der Waals surface area contributed by atoms with E-state index in [2.05, 4.69) is 61.4 Å². The summed E-state index contributed by atoms with van der Waals surface area (Å²) in [7, 11) is 0. The maximum absolute atomic E-state index is 12.1. The van der Waals surface area contributed by atoms with Gasteiger partial charge in [-0.25, -0.2) is 0 Å². The first-order valence-electron chi connectivity index (χ1n) is 9.35. The lowest BCUT2D eigenvalue weighted by Gasteiger charge is -2.12. The van der Waals surface area contributed by atoms with Crippen molar-refractivity contribution in [1.82, 2.24) is 20.1 Å². The van der Waals surface area contributed by atoms with E-state index in [-0.39, 0.29) is 5.91 Å². The number of carbonyl (C=O) groups excluding carboxylic acids is 1. The lowest BCUT2D eigenvalue weighted by Crippen LogP contribution is -2.27. The van der Waals surface area contributed by atoms with Crippen molar-refractivity contribution < 1.29 is 9.53 Å². The molecule has 1 amide bonds. The van der Waals surface area contributed by atoms with Crippen molar-refractivity contribution in [3.63, 3.8) is 0 Å². The van der Waals surface area contributed by atoms with Crippen molar-refractivity contribution in [2.75, 3.05) is 25.5 Å². The minimum Gasteiger partial charge on any atom is -0.381 e. The van der Waals surface area contributed by atoms with Crippen LogP contribution in [0.25, 0.3) is 5.69 Å². The van der Waals surface area contributed by atoms with E-state index in [1.54, 1.807) is 0 Å². The molecule has 0 unspecified atom stereocenters. The average Bonchev–Trinajstić information content (AvgIpc) is 2.98. The largest absolute Gasteiger partial charge is 0.381 e. The summed E-state index contributed by atoms with van der Waals surface area (Å²) in [5.41, 5.74) is 3.39. The van der Waals surface area contributed by atoms with Crippen LogP contribution in [-0.4, -0.2) is 46.2 Å². The number of aryl methyl sites for hydroxylation is 3. The van der Waals surface area contributed by atoms with Crippen LogP contribution in [0.1, 0.15) is 37.2 Å². The minimum atomic E-state index is -0.00275. The third-order valence-corrected chi connectivity index (χ3v) is 4.90. The van der Waals surface area contributed by atoms with E-state index in [0.717, 1.165) is 35.3 Å². The molecule has 2 rings (SSSR count). The number of benzene rings is 1. The van der Waals surface area contributed by atoms with E-state index in [9.17, 15) is 4.79 Å². The van der Waals surface area contributed by atoms with Crippen LogP contribution in [0.15, 0.2) is 23.4 Å². The van der Waals surface area contributed by atoms with E-state index in [4.69, 9.17) is 4.74 Å². The Morgan fingerprint density at radius 1 is 1.26 bits per heavy atom. The van der Waals surface area contributed by atoms with Gasteiger partial charge in [-0.3, -0.25) is 9.36 Å². The number of hydrogen-bond donors (Lipinski definition) is 1. The molecule has 1 N–H and O–H groups in total. The molecular formula is C20H30N4O2S. The lowest BCUT2D eigenvalue weighted by molar-refractivity contribution is -0.118. The molecule has 0 aliphatic carbocycles. The first kappa shape index (κ1) is 21.4. The van der Waals surface area contributed by atoms with Gasteiger partial charge in [0.1, 0.15) is 5.82 Å². The monoisotopic (exact) mass is 390 g/mol. The first-order chi connectivity index (χ1) is 12.9. The number of thioether (sulfide) groups is 1. The second-order valence-electron chi connectivity index (χ2n) is 7.12. The predicted octanol–water partition coefficient (Wildman–Crippen LogP) is 3.46. The Morgan fingerprint density at radius 2 is 2.04 bits per heavy atom. The van der Waals surface area contributed by atoms with Crippen LogP contribution in [0.3, 0.4) is 0 Å². The summed E-state index contributed by atoms with van der Waals surface area (Å²) in [6.45, 7) is 12.4. The van der Waals surface area contributed by atoms with Gasteiger partial charge in [-0.2, -0.15) is 0 Å². The molecule has 148 valence electrons. The fourth-order valence-electron chi connectivity index (χ4n) is 2.58. The molecule has 6 nitrogen and oxygen atoms in total. The summed E-state index contributed by atoms with van der Waals surface area (Å²) in [5.74, 6) is 1.66. The quantitative estimate of drug-likeness (QED) is 0.497. The number of nitrogens with zero attached hydrogens (tertiary/aromatic N) is 3. The Balaban J connectivity index is 1.86. The number of ether oxygens (including phenoxy) is 1. The van der Waals surface area contributed by atoms with E-state index in [1.807, 2.05) is 11.5 Å². The van der Waals surface area contributed by atoms with Gasteiger partial charge in [-0.1, -0.05) is 37.7 Å². The average molecular weight is 391 g/mol. The van der Waals surface area contributed by atoms with Crippen LogP contribution in [-0.2, 0) is 9.53 Å². The van der Waals surface area contributed by atoms with Crippen molar-refractivity contribution in [3.05, 3.63) is 35.2 Å². The van der Waals surface area contributed by atoms with Gasteiger partial charge in [0.05, 0.1) is 11.4 Å². The molecule has 0 aliphatic rings. The first-order valence-corrected chi connectivity index (χ1v) is 10.3. The summed E-state index contributed by atoms with van der Waals surface area (Å²) in [5, 5.41) is 12.1. The van der Waals surface area contributed by atoms with Crippen LogP contribution in [0.2, 0.25) is 0 Å². The summed E-state index contributed by atoms with van der Waals surface area (Å²) >= 11 is 1.40. The molecule has 0 radical (unpaired) electrons. The van der Waals surface area contributed by atoms with Crippen molar-refractivity contribution >= 4 is 17.7 Å². The molecule has 7 heteroatoms. The highest BCUT2D eigenvalue weighted by atomic mass is 32.2. The molecule has 0 saturated carbocycles. The molecule has 0 saturated heterocycles. The van der Waals surface area contributed by atoms with E-state index >= 15 is 0 Å². The summed E-state index contributed by atoms with van der Waals surface area (Å²) in [6, 6.07) is 6.29. The van der Waals surface area contributed by atoms with E-state index in [1.165, 1.54) is 17.3 Å². The Hall–Kier alpha value is -1.86. The highest BCUT2D eigenvalue weighted by Gasteiger charge is 2.15. The number of rotatable bonds is 10. The Morgan fingerprint density at radius 3 is 2.78 bits per heavy atom. The smallest absolute Gasteiger partial charge is 0.230 e. The van der Waals surface area contributed by atoms with Crippen LogP contribution in [0.5, 0.6) is 0 Å². The molecule has 27 heavy (non-hydrogen) atoms. The zero-order chi connectivity index (χ0) is 19.8. The zero-order valence-electron chi connectivity index (χ0n) is 16.9. The number of hydrogen-bond acceptors (Lipinski definition) is 5. The second-order valence-corrected chi connectivity index (χ2v) is 8.06. The third-order valence-electron chi connectivity index (χ3n) is 3.97. The molecule has 0 spiro atoms. The van der Waals surface area contributed by atoms with Gasteiger partial charge < -0.3 is 10.1 Å². The third kappa shape index (κ3) is 6.66. The van der Waals surface area contributed by atoms with Crippen LogP contribution in [0, 0.1) is 26.7 Å². The molecule has 0 fully saturated rings. The highest BCUT2D eigenvalue weighted by Crippen LogP contribution is 2.24. The van der Waals surface area contributed by atoms with Gasteiger partial charge in [-0.05, 0) is 50.3 Å². The fourth-order valence-corrected chi connectivity index (χ4v) is 3.40. The molecular weight excluding hydrogens is 360 g/mol. The van der Waals surface area contributed by atoms with Gasteiger partial charge >= 0.3 is 0 Å². The maximum Gasteiger partial charge on any atom is 0.230 e. The standard InChI is InChI=1S/C20H30N4O2S/c1-14(2)12-26-10-6-9-21-19(25)13-27-20-23-22-17(5)24(20)18-11-15(3)7-8-16(18)4/h7-8,11,14H,6,9-10,12-13H2,1-5H3,(H,21,25). The molecule has 1 heterocycles. The van der Waals surface area contributed by atoms with Gasteiger partial charge in [0.15, 0.2) is 5.16 Å². The molecule has 1 aromatic carbocycles. The van der Waals surface area contributed by atoms with Crippen molar-refractivity contribution in [2.45, 2.75) is 46.2 Å². The number of nitrogens with one attached hydrogen (secondary N) is 1. The fraction of sp³-hybridized carbons (Fsp3) is 0.550. The van der Waals surface area contributed by atoms with Gasteiger partial charge in [0.2, 0.25) is 5.91 Å². The Labute approximate surface area is 166 Å². The predicted molar refractivity (Wildman–Crippen MR) is 110 cm³/mol. The van der Waals surface area contributed by atoms with Crippen LogP contribution >= 0.6 is 11.8 Å². The maximum atomic E-state index is 12.1. The molecule has 0 aliphatic heterocycles. The van der Waals surface area contributed by atoms with Crippen molar-refractivity contribution in [2.24, 2.45) is 5.92 Å².